The van der Waals surface area contributed by atoms with Crippen LogP contribution in [0.25, 0.3) is 0 Å². The van der Waals surface area contributed by atoms with Crippen LogP contribution < -0.4 is 0 Å². The summed E-state index contributed by atoms with van der Waals surface area (Å²) in [5, 5.41) is 9.67. The highest BCUT2D eigenvalue weighted by molar-refractivity contribution is 6.09. The number of hydrogen-bond donors (Lipinski definition) is 1. The van der Waals surface area contributed by atoms with Gasteiger partial charge >= 0.3 is 5.97 Å². The number of carbonyl (C=O) groups excluding carboxylic acids is 2. The van der Waals surface area contributed by atoms with E-state index in [1.807, 2.05) is 0 Å². The number of aliphatic carboxylic acids is 1. The van der Waals surface area contributed by atoms with Crippen molar-refractivity contribution in [3.63, 3.8) is 0 Å². The first-order valence-electron chi connectivity index (χ1n) is 7.63. The van der Waals surface area contributed by atoms with E-state index in [2.05, 4.69) is 0 Å². The molecule has 2 saturated carbocycles. The van der Waals surface area contributed by atoms with Gasteiger partial charge in [-0.3, -0.25) is 14.5 Å². The lowest BCUT2D eigenvalue weighted by Crippen LogP contribution is -2.58. The molecule has 2 aliphatic carbocycles. The molecule has 0 radical (unpaired) electrons. The molecular weight excluding hydrogens is 258 g/mol. The van der Waals surface area contributed by atoms with Crippen molar-refractivity contribution in [3.05, 3.63) is 0 Å². The summed E-state index contributed by atoms with van der Waals surface area (Å²) < 4.78 is 0. The van der Waals surface area contributed by atoms with Crippen molar-refractivity contribution < 1.29 is 19.5 Å². The van der Waals surface area contributed by atoms with E-state index in [0.717, 1.165) is 49.8 Å². The van der Waals surface area contributed by atoms with E-state index in [-0.39, 0.29) is 18.2 Å². The van der Waals surface area contributed by atoms with Gasteiger partial charge in [0, 0.05) is 6.42 Å². The van der Waals surface area contributed by atoms with Gasteiger partial charge in [-0.2, -0.15) is 0 Å². The molecule has 0 aromatic heterocycles. The number of carboxylic acids is 1. The molecule has 5 heteroatoms. The van der Waals surface area contributed by atoms with E-state index in [4.69, 9.17) is 0 Å². The molecule has 3 aliphatic rings. The predicted octanol–water partition coefficient (Wildman–Crippen LogP) is 2.09. The van der Waals surface area contributed by atoms with E-state index in [9.17, 15) is 19.5 Å². The smallest absolute Gasteiger partial charge is 0.330 e. The van der Waals surface area contributed by atoms with Gasteiger partial charge in [0.05, 0.1) is 5.41 Å². The quantitative estimate of drug-likeness (QED) is 0.785. The van der Waals surface area contributed by atoms with E-state index in [0.29, 0.717) is 12.8 Å². The van der Waals surface area contributed by atoms with Crippen LogP contribution >= 0.6 is 0 Å². The topological polar surface area (TPSA) is 74.7 Å². The first kappa shape index (κ1) is 13.6. The number of amides is 2. The van der Waals surface area contributed by atoms with E-state index in [1.54, 1.807) is 0 Å². The molecule has 3 rings (SSSR count). The molecule has 1 saturated heterocycles. The Balaban J connectivity index is 1.97. The van der Waals surface area contributed by atoms with Crippen LogP contribution in [-0.4, -0.2) is 33.3 Å². The molecule has 5 nitrogen and oxygen atoms in total. The summed E-state index contributed by atoms with van der Waals surface area (Å²) in [4.78, 5) is 38.2. The summed E-state index contributed by atoms with van der Waals surface area (Å²) in [7, 11) is 0. The maximum atomic E-state index is 12.8. The molecule has 0 aromatic rings. The largest absolute Gasteiger partial charge is 0.479 e. The average Bonchev–Trinajstić information content (AvgIpc) is 2.98. The molecule has 20 heavy (non-hydrogen) atoms. The van der Waals surface area contributed by atoms with Crippen LogP contribution in [0.2, 0.25) is 0 Å². The molecule has 2 amide bonds. The lowest BCUT2D eigenvalue weighted by Gasteiger charge is -2.40. The Morgan fingerprint density at radius 3 is 2.05 bits per heavy atom. The van der Waals surface area contributed by atoms with Crippen molar-refractivity contribution in [1.29, 1.82) is 0 Å². The minimum Gasteiger partial charge on any atom is -0.479 e. The van der Waals surface area contributed by atoms with Crippen LogP contribution in [0.5, 0.6) is 0 Å². The van der Waals surface area contributed by atoms with Crippen molar-refractivity contribution in [2.45, 2.75) is 69.7 Å². The zero-order chi connectivity index (χ0) is 14.4. The third-order valence-electron chi connectivity index (χ3n) is 5.46. The number of carboxylic acid groups (broad SMARTS) is 1. The number of imide groups is 1. The van der Waals surface area contributed by atoms with Crippen LogP contribution in [0.4, 0.5) is 0 Å². The molecule has 1 N–H and O–H groups in total. The predicted molar refractivity (Wildman–Crippen MR) is 70.8 cm³/mol. The first-order valence-corrected chi connectivity index (χ1v) is 7.63. The van der Waals surface area contributed by atoms with Gasteiger partial charge < -0.3 is 5.11 Å². The van der Waals surface area contributed by atoms with Crippen LogP contribution in [-0.2, 0) is 14.4 Å². The number of rotatable bonds is 2. The summed E-state index contributed by atoms with van der Waals surface area (Å²) in [5.74, 6) is -1.47. The highest BCUT2D eigenvalue weighted by atomic mass is 16.4. The number of hydrogen-bond acceptors (Lipinski definition) is 3. The Morgan fingerprint density at radius 2 is 1.50 bits per heavy atom. The Labute approximate surface area is 118 Å². The monoisotopic (exact) mass is 279 g/mol. The highest BCUT2D eigenvalue weighted by Gasteiger charge is 2.60. The van der Waals surface area contributed by atoms with Gasteiger partial charge in [0.2, 0.25) is 11.8 Å². The fourth-order valence-corrected chi connectivity index (χ4v) is 4.34. The Morgan fingerprint density at radius 1 is 0.950 bits per heavy atom. The lowest BCUT2D eigenvalue weighted by molar-refractivity contribution is -0.166. The second kappa shape index (κ2) is 4.57. The van der Waals surface area contributed by atoms with Gasteiger partial charge in [0.25, 0.3) is 0 Å². The zero-order valence-electron chi connectivity index (χ0n) is 11.7. The van der Waals surface area contributed by atoms with E-state index in [1.165, 1.54) is 0 Å². The minimum atomic E-state index is -1.27. The summed E-state index contributed by atoms with van der Waals surface area (Å²) in [6, 6.07) is 0. The Hall–Kier alpha value is -1.39. The molecule has 3 fully saturated rings. The summed E-state index contributed by atoms with van der Waals surface area (Å²) in [6.07, 6.45) is 6.99. The van der Waals surface area contributed by atoms with E-state index < -0.39 is 16.9 Å². The lowest BCUT2D eigenvalue weighted by atomic mass is 9.79. The van der Waals surface area contributed by atoms with Crippen LogP contribution in [0.3, 0.4) is 0 Å². The Kier molecular flexibility index (Phi) is 3.10. The van der Waals surface area contributed by atoms with Gasteiger partial charge in [-0.25, -0.2) is 4.79 Å². The van der Waals surface area contributed by atoms with Crippen molar-refractivity contribution in [3.8, 4) is 0 Å². The van der Waals surface area contributed by atoms with Gasteiger partial charge in [0.1, 0.15) is 5.54 Å². The second-order valence-electron chi connectivity index (χ2n) is 6.60. The number of carbonyl (C=O) groups is 3. The maximum absolute atomic E-state index is 12.8. The van der Waals surface area contributed by atoms with Gasteiger partial charge in [-0.1, -0.05) is 32.1 Å². The Bertz CT molecular complexity index is 458. The average molecular weight is 279 g/mol. The van der Waals surface area contributed by atoms with Crippen molar-refractivity contribution in [2.24, 2.45) is 5.41 Å². The highest BCUT2D eigenvalue weighted by Crippen LogP contribution is 2.50. The van der Waals surface area contributed by atoms with Crippen molar-refractivity contribution in [2.75, 3.05) is 0 Å². The van der Waals surface area contributed by atoms with Crippen molar-refractivity contribution in [1.82, 2.24) is 4.90 Å². The minimum absolute atomic E-state index is 0.204. The molecular formula is C15H21NO4. The number of likely N-dealkylation sites (tertiary alicyclic amines) is 1. The summed E-state index contributed by atoms with van der Waals surface area (Å²) in [6.45, 7) is 0. The SMILES string of the molecule is O=C1CC2(CCCC2)C(=O)N1C1(C(=O)O)CCCCC1. The summed E-state index contributed by atoms with van der Waals surface area (Å²) in [5.41, 5.74) is -1.84. The fourth-order valence-electron chi connectivity index (χ4n) is 4.34. The third kappa shape index (κ3) is 1.71. The molecule has 1 spiro atoms. The fraction of sp³-hybridized carbons (Fsp3) is 0.800. The maximum Gasteiger partial charge on any atom is 0.330 e. The van der Waals surface area contributed by atoms with E-state index >= 15 is 0 Å². The molecule has 0 bridgehead atoms. The molecule has 0 atom stereocenters. The number of nitrogens with zero attached hydrogens (tertiary/aromatic N) is 1. The van der Waals surface area contributed by atoms with Crippen LogP contribution in [0.15, 0.2) is 0 Å². The van der Waals surface area contributed by atoms with Crippen LogP contribution in [0.1, 0.15) is 64.2 Å². The zero-order valence-corrected chi connectivity index (χ0v) is 11.7. The molecule has 110 valence electrons. The third-order valence-corrected chi connectivity index (χ3v) is 5.46. The normalized spacial score (nSPS) is 28.3. The molecule has 1 heterocycles. The first-order chi connectivity index (χ1) is 9.52. The molecule has 0 unspecified atom stereocenters. The summed E-state index contributed by atoms with van der Waals surface area (Å²) >= 11 is 0. The molecule has 1 aliphatic heterocycles. The standard InChI is InChI=1S/C15H21NO4/c17-11-10-14(6-4-5-7-14)12(18)16(11)15(13(19)20)8-2-1-3-9-15/h1-10H2,(H,19,20). The van der Waals surface area contributed by atoms with Gasteiger partial charge in [-0.15, -0.1) is 0 Å². The second-order valence-corrected chi connectivity index (χ2v) is 6.60. The van der Waals surface area contributed by atoms with Crippen molar-refractivity contribution >= 4 is 17.8 Å². The van der Waals surface area contributed by atoms with Crippen LogP contribution in [0, 0.1) is 5.41 Å². The van der Waals surface area contributed by atoms with Gasteiger partial charge in [-0.05, 0) is 25.7 Å². The van der Waals surface area contributed by atoms with Gasteiger partial charge in [0.15, 0.2) is 0 Å². The molecule has 0 aromatic carbocycles.